The number of amides is 1. The number of hydrogen-bond donors (Lipinski definition) is 0. The molecule has 2 aromatic carbocycles. The van der Waals surface area contributed by atoms with Crippen LogP contribution in [-0.4, -0.2) is 46.3 Å². The molecule has 0 bridgehead atoms. The summed E-state index contributed by atoms with van der Waals surface area (Å²) in [5.41, 5.74) is 3.65. The number of methoxy groups -OCH3 is 1. The van der Waals surface area contributed by atoms with Crippen molar-refractivity contribution in [2.24, 2.45) is 10.9 Å². The molecule has 3 aromatic rings. The van der Waals surface area contributed by atoms with E-state index in [1.54, 1.807) is 7.11 Å². The summed E-state index contributed by atoms with van der Waals surface area (Å²) in [5.74, 6) is 1.10. The summed E-state index contributed by atoms with van der Waals surface area (Å²) in [6.07, 6.45) is 0. The lowest BCUT2D eigenvalue weighted by molar-refractivity contribution is -0.133. The van der Waals surface area contributed by atoms with Crippen LogP contribution in [0.15, 0.2) is 53.5 Å². The summed E-state index contributed by atoms with van der Waals surface area (Å²) >= 11 is 0. The molecule has 0 spiro atoms. The van der Waals surface area contributed by atoms with Crippen LogP contribution in [0.4, 0.5) is 5.95 Å². The van der Waals surface area contributed by atoms with E-state index in [4.69, 9.17) is 14.7 Å². The van der Waals surface area contributed by atoms with E-state index in [0.29, 0.717) is 19.0 Å². The Morgan fingerprint density at radius 1 is 1.14 bits per heavy atom. The molecule has 0 fully saturated rings. The number of nitrogens with zero attached hydrogens (tertiary/aromatic N) is 4. The van der Waals surface area contributed by atoms with Gasteiger partial charge in [-0.1, -0.05) is 24.3 Å². The lowest BCUT2D eigenvalue weighted by atomic mass is 9.86. The first-order chi connectivity index (χ1) is 14.1. The molecule has 0 N–H and O–H groups in total. The Labute approximate surface area is 170 Å². The maximum absolute atomic E-state index is 13.6. The first-order valence-electron chi connectivity index (χ1n) is 10.0. The van der Waals surface area contributed by atoms with Crippen molar-refractivity contribution < 1.29 is 9.53 Å². The Kier molecular flexibility index (Phi) is 5.09. The van der Waals surface area contributed by atoms with Gasteiger partial charge in [-0.2, -0.15) is 0 Å². The number of imidazole rings is 1. The van der Waals surface area contributed by atoms with Crippen LogP contribution in [0.25, 0.3) is 11.0 Å². The zero-order valence-electron chi connectivity index (χ0n) is 17.3. The fraction of sp³-hybridized carbons (Fsp3) is 0.348. The number of hydrogen-bond acceptors (Lipinski definition) is 4. The summed E-state index contributed by atoms with van der Waals surface area (Å²) in [7, 11) is 1.66. The Morgan fingerprint density at radius 3 is 2.62 bits per heavy atom. The van der Waals surface area contributed by atoms with Crippen LogP contribution in [0.3, 0.4) is 0 Å². The third-order valence-corrected chi connectivity index (χ3v) is 5.67. The van der Waals surface area contributed by atoms with E-state index in [1.165, 1.54) is 0 Å². The quantitative estimate of drug-likeness (QED) is 0.655. The van der Waals surface area contributed by atoms with Gasteiger partial charge in [0.25, 0.3) is 0 Å². The SMILES string of the molecule is CCN(CC)C(=O)C1C(C)=Nc2nc3ccccc3n2C1c1cccc(OC)c1. The Hall–Kier alpha value is -3.15. The van der Waals surface area contributed by atoms with Crippen LogP contribution >= 0.6 is 0 Å². The van der Waals surface area contributed by atoms with Crippen LogP contribution in [0, 0.1) is 5.92 Å². The molecule has 1 aromatic heterocycles. The summed E-state index contributed by atoms with van der Waals surface area (Å²) in [6.45, 7) is 7.29. The maximum Gasteiger partial charge on any atom is 0.233 e. The summed E-state index contributed by atoms with van der Waals surface area (Å²) < 4.78 is 7.56. The van der Waals surface area contributed by atoms with Crippen molar-refractivity contribution in [3.8, 4) is 5.75 Å². The van der Waals surface area contributed by atoms with E-state index in [-0.39, 0.29) is 11.9 Å². The monoisotopic (exact) mass is 390 g/mol. The molecular weight excluding hydrogens is 364 g/mol. The van der Waals surface area contributed by atoms with Crippen molar-refractivity contribution in [2.75, 3.05) is 20.2 Å². The Morgan fingerprint density at radius 2 is 1.90 bits per heavy atom. The number of fused-ring (bicyclic) bond motifs is 3. The average molecular weight is 390 g/mol. The third-order valence-electron chi connectivity index (χ3n) is 5.67. The molecule has 2 atom stereocenters. The van der Waals surface area contributed by atoms with Crippen LogP contribution in [0.2, 0.25) is 0 Å². The molecule has 6 nitrogen and oxygen atoms in total. The van der Waals surface area contributed by atoms with Crippen LogP contribution < -0.4 is 4.74 Å². The number of benzene rings is 2. The molecule has 1 aliphatic heterocycles. The number of aromatic nitrogens is 2. The van der Waals surface area contributed by atoms with Crippen molar-refractivity contribution in [1.82, 2.24) is 14.5 Å². The number of carbonyl (C=O) groups is 1. The standard InChI is InChI=1S/C23H26N4O2/c1-5-26(6-2)22(28)20-15(3)24-23-25-18-12-7-8-13-19(18)27(23)21(20)16-10-9-11-17(14-16)29-4/h7-14,20-21H,5-6H2,1-4H3. The molecule has 6 heteroatoms. The van der Waals surface area contributed by atoms with E-state index in [2.05, 4.69) is 4.57 Å². The van der Waals surface area contributed by atoms with Gasteiger partial charge in [-0.15, -0.1) is 0 Å². The fourth-order valence-corrected chi connectivity index (χ4v) is 4.20. The second kappa shape index (κ2) is 7.70. The summed E-state index contributed by atoms with van der Waals surface area (Å²) in [4.78, 5) is 24.9. The Bertz CT molecular complexity index is 1080. The lowest BCUT2D eigenvalue weighted by Gasteiger charge is -2.35. The molecule has 0 saturated carbocycles. The molecule has 2 unspecified atom stereocenters. The van der Waals surface area contributed by atoms with Gasteiger partial charge in [0.2, 0.25) is 11.9 Å². The van der Waals surface area contributed by atoms with Crippen LogP contribution in [-0.2, 0) is 4.79 Å². The summed E-state index contributed by atoms with van der Waals surface area (Å²) in [5, 5.41) is 0. The second-order valence-electron chi connectivity index (χ2n) is 7.23. The highest BCUT2D eigenvalue weighted by Gasteiger charge is 2.40. The lowest BCUT2D eigenvalue weighted by Crippen LogP contribution is -2.44. The van der Waals surface area contributed by atoms with Gasteiger partial charge in [0.1, 0.15) is 11.7 Å². The zero-order chi connectivity index (χ0) is 20.5. The van der Waals surface area contributed by atoms with Gasteiger partial charge < -0.3 is 9.64 Å². The van der Waals surface area contributed by atoms with E-state index in [0.717, 1.165) is 28.1 Å². The molecule has 0 aliphatic carbocycles. The van der Waals surface area contributed by atoms with E-state index >= 15 is 0 Å². The number of para-hydroxylation sites is 2. The molecule has 0 radical (unpaired) electrons. The fourth-order valence-electron chi connectivity index (χ4n) is 4.20. The van der Waals surface area contributed by atoms with Crippen molar-refractivity contribution in [2.45, 2.75) is 26.8 Å². The van der Waals surface area contributed by atoms with Gasteiger partial charge in [-0.05, 0) is 50.6 Å². The molecular formula is C23H26N4O2. The molecule has 2 heterocycles. The number of rotatable bonds is 5. The topological polar surface area (TPSA) is 59.7 Å². The average Bonchev–Trinajstić information content (AvgIpc) is 3.11. The van der Waals surface area contributed by atoms with Gasteiger partial charge in [0.05, 0.1) is 24.2 Å². The maximum atomic E-state index is 13.6. The van der Waals surface area contributed by atoms with Crippen LogP contribution in [0.1, 0.15) is 32.4 Å². The highest BCUT2D eigenvalue weighted by molar-refractivity contribution is 6.06. The molecule has 150 valence electrons. The van der Waals surface area contributed by atoms with E-state index in [9.17, 15) is 4.79 Å². The minimum atomic E-state index is -0.396. The van der Waals surface area contributed by atoms with Gasteiger partial charge in [-0.3, -0.25) is 9.36 Å². The third kappa shape index (κ3) is 3.18. The van der Waals surface area contributed by atoms with Crippen molar-refractivity contribution in [3.63, 3.8) is 0 Å². The van der Waals surface area contributed by atoms with E-state index < -0.39 is 5.92 Å². The second-order valence-corrected chi connectivity index (χ2v) is 7.23. The minimum Gasteiger partial charge on any atom is -0.497 e. The minimum absolute atomic E-state index is 0.0903. The van der Waals surface area contributed by atoms with Crippen molar-refractivity contribution in [1.29, 1.82) is 0 Å². The first kappa shape index (κ1) is 19.2. The molecule has 1 amide bonds. The predicted molar refractivity (Wildman–Crippen MR) is 115 cm³/mol. The van der Waals surface area contributed by atoms with Crippen molar-refractivity contribution >= 4 is 28.6 Å². The van der Waals surface area contributed by atoms with Crippen LogP contribution in [0.5, 0.6) is 5.75 Å². The first-order valence-corrected chi connectivity index (χ1v) is 10.0. The van der Waals surface area contributed by atoms with Crippen molar-refractivity contribution in [3.05, 3.63) is 54.1 Å². The predicted octanol–water partition coefficient (Wildman–Crippen LogP) is 4.22. The van der Waals surface area contributed by atoms with E-state index in [1.807, 2.05) is 74.2 Å². The van der Waals surface area contributed by atoms with Gasteiger partial charge in [-0.25, -0.2) is 9.98 Å². The highest BCUT2D eigenvalue weighted by atomic mass is 16.5. The number of carbonyl (C=O) groups excluding carboxylic acids is 1. The Balaban J connectivity index is 1.96. The number of ether oxygens (including phenoxy) is 1. The summed E-state index contributed by atoms with van der Waals surface area (Å²) in [6, 6.07) is 15.7. The number of aliphatic imine (C=N–C) groups is 1. The van der Waals surface area contributed by atoms with Gasteiger partial charge in [0.15, 0.2) is 0 Å². The zero-order valence-corrected chi connectivity index (χ0v) is 17.3. The van der Waals surface area contributed by atoms with Gasteiger partial charge in [0, 0.05) is 18.8 Å². The largest absolute Gasteiger partial charge is 0.497 e. The molecule has 4 rings (SSSR count). The normalized spacial score (nSPS) is 18.3. The molecule has 1 aliphatic rings. The van der Waals surface area contributed by atoms with Gasteiger partial charge >= 0.3 is 0 Å². The molecule has 0 saturated heterocycles. The smallest absolute Gasteiger partial charge is 0.233 e. The highest BCUT2D eigenvalue weighted by Crippen LogP contribution is 2.41. The molecule has 29 heavy (non-hydrogen) atoms.